The number of nitrogens with zero attached hydrogens (tertiary/aromatic N) is 4. The molecule has 1 aromatic carbocycles. The van der Waals surface area contributed by atoms with Crippen LogP contribution in [0.1, 0.15) is 16.7 Å². The zero-order valence-corrected chi connectivity index (χ0v) is 18.0. The zero-order chi connectivity index (χ0) is 22.6. The van der Waals surface area contributed by atoms with Crippen molar-refractivity contribution in [2.75, 3.05) is 32.1 Å². The number of aromatic nitrogens is 3. The molecule has 0 unspecified atom stereocenters. The molecule has 1 amide bonds. The highest BCUT2D eigenvalue weighted by atomic mass is 32.2. The Kier molecular flexibility index (Phi) is 6.97. The topological polar surface area (TPSA) is 71.8 Å². The largest absolute Gasteiger partial charge is 0.417 e. The van der Waals surface area contributed by atoms with Gasteiger partial charge in [-0.3, -0.25) is 14.1 Å². The van der Waals surface area contributed by atoms with Gasteiger partial charge in [-0.25, -0.2) is 0 Å². The van der Waals surface area contributed by atoms with Crippen LogP contribution in [0.5, 0.6) is 0 Å². The second-order valence-corrected chi connectivity index (χ2v) is 8.29. The lowest BCUT2D eigenvalue weighted by Crippen LogP contribution is -2.36. The Balaban J connectivity index is 1.34. The Morgan fingerprint density at radius 2 is 1.84 bits per heavy atom. The van der Waals surface area contributed by atoms with Gasteiger partial charge in [-0.1, -0.05) is 36.0 Å². The number of benzene rings is 1. The average Bonchev–Trinajstić information content (AvgIpc) is 3.19. The summed E-state index contributed by atoms with van der Waals surface area (Å²) in [6.07, 6.45) is -3.52. The maximum absolute atomic E-state index is 13.0. The molecule has 0 aliphatic carbocycles. The van der Waals surface area contributed by atoms with Crippen LogP contribution < -0.4 is 5.32 Å². The molecule has 0 bridgehead atoms. The van der Waals surface area contributed by atoms with E-state index in [0.29, 0.717) is 6.54 Å². The van der Waals surface area contributed by atoms with E-state index in [4.69, 9.17) is 4.74 Å². The van der Waals surface area contributed by atoms with E-state index in [1.54, 1.807) is 0 Å². The monoisotopic (exact) mass is 465 g/mol. The number of hydrogen-bond donors (Lipinski definition) is 1. The van der Waals surface area contributed by atoms with Gasteiger partial charge >= 0.3 is 6.18 Å². The summed E-state index contributed by atoms with van der Waals surface area (Å²) in [7, 11) is 0. The minimum atomic E-state index is -4.47. The predicted molar refractivity (Wildman–Crippen MR) is 113 cm³/mol. The highest BCUT2D eigenvalue weighted by Gasteiger charge is 2.31. The van der Waals surface area contributed by atoms with E-state index in [0.717, 1.165) is 68.0 Å². The summed E-state index contributed by atoms with van der Waals surface area (Å²) < 4.78 is 45.6. The molecule has 2 aromatic heterocycles. The maximum Gasteiger partial charge on any atom is 0.417 e. The van der Waals surface area contributed by atoms with Crippen molar-refractivity contribution in [3.05, 3.63) is 59.3 Å². The number of rotatable bonds is 7. The van der Waals surface area contributed by atoms with Crippen molar-refractivity contribution in [3.63, 3.8) is 0 Å². The first-order valence-electron chi connectivity index (χ1n) is 10.1. The molecule has 3 aromatic rings. The lowest BCUT2D eigenvalue weighted by molar-refractivity contribution is -0.137. The van der Waals surface area contributed by atoms with E-state index < -0.39 is 11.7 Å². The number of fused-ring (bicyclic) bond motifs is 1. The molecule has 3 heterocycles. The number of nitrogens with one attached hydrogen (secondary N) is 1. The molecule has 7 nitrogen and oxygen atoms in total. The van der Waals surface area contributed by atoms with Crippen LogP contribution in [0.3, 0.4) is 0 Å². The Labute approximate surface area is 186 Å². The summed E-state index contributed by atoms with van der Waals surface area (Å²) in [5, 5.41) is 10.9. The number of carbonyl (C=O) groups is 1. The molecule has 170 valence electrons. The summed E-state index contributed by atoms with van der Waals surface area (Å²) >= 11 is 1.04. The Hall–Kier alpha value is -2.63. The minimum Gasteiger partial charge on any atom is -0.379 e. The van der Waals surface area contributed by atoms with Gasteiger partial charge in [0.15, 0.2) is 10.8 Å². The molecule has 1 aliphatic rings. The molecule has 1 fully saturated rings. The summed E-state index contributed by atoms with van der Waals surface area (Å²) in [5.41, 5.74) is 1.66. The molecule has 1 saturated heterocycles. The zero-order valence-electron chi connectivity index (χ0n) is 17.1. The first-order valence-corrected chi connectivity index (χ1v) is 11.1. The molecule has 0 atom stereocenters. The highest BCUT2D eigenvalue weighted by molar-refractivity contribution is 7.99. The number of alkyl halides is 3. The quantitative estimate of drug-likeness (QED) is 0.541. The van der Waals surface area contributed by atoms with Crippen LogP contribution in [0, 0.1) is 0 Å². The van der Waals surface area contributed by atoms with Crippen molar-refractivity contribution in [3.8, 4) is 0 Å². The number of amides is 1. The number of hydrogen-bond acceptors (Lipinski definition) is 6. The van der Waals surface area contributed by atoms with Gasteiger partial charge in [-0.2, -0.15) is 13.2 Å². The third-order valence-corrected chi connectivity index (χ3v) is 6.07. The molecular weight excluding hydrogens is 443 g/mol. The SMILES string of the molecule is O=C(CSc1nnc2ccc(C(F)(F)F)cn12)NCc1ccccc1CN1CCOCC1. The van der Waals surface area contributed by atoms with E-state index in [1.807, 2.05) is 24.3 Å². The molecule has 11 heteroatoms. The number of morpholine rings is 1. The average molecular weight is 466 g/mol. The third-order valence-electron chi connectivity index (χ3n) is 5.12. The lowest BCUT2D eigenvalue weighted by atomic mass is 10.1. The van der Waals surface area contributed by atoms with E-state index in [2.05, 4.69) is 20.4 Å². The van der Waals surface area contributed by atoms with Gasteiger partial charge in [0.25, 0.3) is 0 Å². The normalized spacial score (nSPS) is 15.2. The predicted octanol–water partition coefficient (Wildman–Crippen LogP) is 2.99. The fourth-order valence-electron chi connectivity index (χ4n) is 3.40. The van der Waals surface area contributed by atoms with Crippen molar-refractivity contribution in [1.29, 1.82) is 0 Å². The second kappa shape index (κ2) is 9.88. The van der Waals surface area contributed by atoms with Gasteiger partial charge in [0, 0.05) is 32.4 Å². The molecule has 0 radical (unpaired) electrons. The van der Waals surface area contributed by atoms with Crippen molar-refractivity contribution < 1.29 is 22.7 Å². The molecule has 1 aliphatic heterocycles. The van der Waals surface area contributed by atoms with Crippen LogP contribution in [0.15, 0.2) is 47.8 Å². The van der Waals surface area contributed by atoms with Crippen LogP contribution in [-0.2, 0) is 28.8 Å². The Morgan fingerprint density at radius 3 is 2.59 bits per heavy atom. The molecule has 1 N–H and O–H groups in total. The van der Waals surface area contributed by atoms with Crippen LogP contribution >= 0.6 is 11.8 Å². The van der Waals surface area contributed by atoms with Crippen molar-refractivity contribution >= 4 is 23.3 Å². The van der Waals surface area contributed by atoms with Gasteiger partial charge in [-0.05, 0) is 23.3 Å². The first kappa shape index (κ1) is 22.6. The summed E-state index contributed by atoms with van der Waals surface area (Å²) in [6.45, 7) is 4.35. The van der Waals surface area contributed by atoms with Gasteiger partial charge in [0.2, 0.25) is 5.91 Å². The molecule has 32 heavy (non-hydrogen) atoms. The van der Waals surface area contributed by atoms with E-state index in [-0.39, 0.29) is 22.5 Å². The number of thioether (sulfide) groups is 1. The minimum absolute atomic E-state index is 0.0165. The van der Waals surface area contributed by atoms with Gasteiger partial charge in [-0.15, -0.1) is 10.2 Å². The van der Waals surface area contributed by atoms with Gasteiger partial charge in [0.05, 0.1) is 24.5 Å². The summed E-state index contributed by atoms with van der Waals surface area (Å²) in [4.78, 5) is 14.7. The molecule has 0 spiro atoms. The highest BCUT2D eigenvalue weighted by Crippen LogP contribution is 2.30. The third kappa shape index (κ3) is 5.59. The fourth-order valence-corrected chi connectivity index (χ4v) is 4.14. The second-order valence-electron chi connectivity index (χ2n) is 7.35. The van der Waals surface area contributed by atoms with Crippen LogP contribution in [0.4, 0.5) is 13.2 Å². The first-order chi connectivity index (χ1) is 15.4. The number of ether oxygens (including phenoxy) is 1. The smallest absolute Gasteiger partial charge is 0.379 e. The number of carbonyl (C=O) groups excluding carboxylic acids is 1. The summed E-state index contributed by atoms with van der Waals surface area (Å²) in [5.74, 6) is -0.220. The van der Waals surface area contributed by atoms with Crippen LogP contribution in [-0.4, -0.2) is 57.5 Å². The van der Waals surface area contributed by atoms with Crippen molar-refractivity contribution in [1.82, 2.24) is 24.8 Å². The lowest BCUT2D eigenvalue weighted by Gasteiger charge is -2.27. The van der Waals surface area contributed by atoms with Crippen molar-refractivity contribution in [2.45, 2.75) is 24.4 Å². The van der Waals surface area contributed by atoms with Crippen molar-refractivity contribution in [2.24, 2.45) is 0 Å². The molecule has 0 saturated carbocycles. The van der Waals surface area contributed by atoms with Gasteiger partial charge < -0.3 is 10.1 Å². The van der Waals surface area contributed by atoms with Crippen LogP contribution in [0.25, 0.3) is 5.65 Å². The van der Waals surface area contributed by atoms with E-state index in [9.17, 15) is 18.0 Å². The number of halogens is 3. The Morgan fingerprint density at radius 1 is 1.09 bits per heavy atom. The molecular formula is C21H22F3N5O2S. The van der Waals surface area contributed by atoms with Gasteiger partial charge in [0.1, 0.15) is 0 Å². The van der Waals surface area contributed by atoms with E-state index >= 15 is 0 Å². The maximum atomic E-state index is 13.0. The van der Waals surface area contributed by atoms with E-state index in [1.165, 1.54) is 10.5 Å². The van der Waals surface area contributed by atoms with Crippen LogP contribution in [0.2, 0.25) is 0 Å². The number of pyridine rings is 1. The fraction of sp³-hybridized carbons (Fsp3) is 0.381. The Bertz CT molecular complexity index is 1080. The molecule has 4 rings (SSSR count). The standard InChI is InChI=1S/C21H22F3N5O2S/c22-21(23,24)17-5-6-18-26-27-20(29(18)13-17)32-14-19(30)25-11-15-3-1-2-4-16(15)12-28-7-9-31-10-8-28/h1-6,13H,7-12,14H2,(H,25,30). The summed E-state index contributed by atoms with van der Waals surface area (Å²) in [6, 6.07) is 10.1.